The highest BCUT2D eigenvalue weighted by atomic mass is 32.2. The summed E-state index contributed by atoms with van der Waals surface area (Å²) >= 11 is 6.04. The van der Waals surface area contributed by atoms with E-state index in [1.54, 1.807) is 24.9 Å². The maximum atomic E-state index is 14.8. The van der Waals surface area contributed by atoms with Crippen LogP contribution in [0.5, 0.6) is 11.5 Å². The third-order valence-corrected chi connectivity index (χ3v) is 5.10. The highest BCUT2D eigenvalue weighted by Crippen LogP contribution is 2.36. The lowest BCUT2D eigenvalue weighted by atomic mass is 10.1. The number of methoxy groups -OCH3 is 1. The molecule has 1 amide bonds. The van der Waals surface area contributed by atoms with E-state index in [-0.39, 0.29) is 24.0 Å². The molecular weight excluding hydrogens is 403 g/mol. The third-order valence-electron chi connectivity index (χ3n) is 4.00. The van der Waals surface area contributed by atoms with E-state index in [2.05, 4.69) is 15.2 Å². The Hall–Kier alpha value is -2.46. The monoisotopic (exact) mass is 424 g/mol. The van der Waals surface area contributed by atoms with Crippen molar-refractivity contribution in [3.63, 3.8) is 0 Å². The summed E-state index contributed by atoms with van der Waals surface area (Å²) in [5.41, 5.74) is 1.09. The lowest BCUT2D eigenvalue weighted by molar-refractivity contribution is -0.124. The van der Waals surface area contributed by atoms with E-state index in [4.69, 9.17) is 21.7 Å². The fourth-order valence-corrected chi connectivity index (χ4v) is 3.25. The van der Waals surface area contributed by atoms with Gasteiger partial charge in [-0.1, -0.05) is 24.0 Å². The first-order valence-corrected chi connectivity index (χ1v) is 9.69. The van der Waals surface area contributed by atoms with Crippen molar-refractivity contribution in [3.8, 4) is 11.5 Å². The fraction of sp³-hybridized carbons (Fsp3) is 0.333. The Morgan fingerprint density at radius 1 is 1.46 bits per heavy atom. The van der Waals surface area contributed by atoms with Gasteiger partial charge in [-0.25, -0.2) is 9.37 Å². The van der Waals surface area contributed by atoms with Gasteiger partial charge < -0.3 is 14.4 Å². The van der Waals surface area contributed by atoms with Gasteiger partial charge in [0.1, 0.15) is 12.9 Å². The van der Waals surface area contributed by atoms with Crippen molar-refractivity contribution in [3.05, 3.63) is 40.6 Å². The number of thioether (sulfide) groups is 1. The third kappa shape index (κ3) is 5.08. The minimum atomic E-state index is -0.615. The van der Waals surface area contributed by atoms with Gasteiger partial charge in [0.2, 0.25) is 0 Å². The van der Waals surface area contributed by atoms with Crippen LogP contribution < -0.4 is 9.47 Å². The minimum absolute atomic E-state index is 0.00718. The molecule has 1 N–H and O–H groups in total. The molecule has 0 spiro atoms. The maximum absolute atomic E-state index is 14.8. The molecule has 0 aliphatic heterocycles. The SMILES string of the molecule is CCN(C)C(=O)/C(SC=S)=C(\C)c1cc(F)c(OCc2ncn[nH]2)c(OC)c1. The van der Waals surface area contributed by atoms with Gasteiger partial charge in [-0.3, -0.25) is 9.89 Å². The Morgan fingerprint density at radius 2 is 2.21 bits per heavy atom. The zero-order chi connectivity index (χ0) is 20.7. The quantitative estimate of drug-likeness (QED) is 0.488. The highest BCUT2D eigenvalue weighted by Gasteiger charge is 2.20. The number of nitrogens with one attached hydrogen (secondary N) is 1. The van der Waals surface area contributed by atoms with Crippen molar-refractivity contribution in [1.82, 2.24) is 20.1 Å². The first-order chi connectivity index (χ1) is 13.4. The van der Waals surface area contributed by atoms with E-state index in [1.807, 2.05) is 6.92 Å². The number of nitrogens with zero attached hydrogens (tertiary/aromatic N) is 3. The number of aromatic amines is 1. The highest BCUT2D eigenvalue weighted by molar-refractivity contribution is 8.24. The van der Waals surface area contributed by atoms with Crippen molar-refractivity contribution >= 4 is 40.2 Å². The molecule has 0 unspecified atom stereocenters. The number of thiocarbonyl (C=S) groups is 1. The Balaban J connectivity index is 2.42. The number of hydrogen-bond acceptors (Lipinski definition) is 7. The Labute approximate surface area is 172 Å². The smallest absolute Gasteiger partial charge is 0.260 e. The van der Waals surface area contributed by atoms with E-state index in [1.165, 1.54) is 24.2 Å². The normalized spacial score (nSPS) is 11.6. The second kappa shape index (κ2) is 10.2. The molecular formula is C18H21FN4O3S2. The van der Waals surface area contributed by atoms with Gasteiger partial charge in [-0.05, 0) is 37.1 Å². The number of halogens is 1. The van der Waals surface area contributed by atoms with E-state index < -0.39 is 5.82 Å². The number of allylic oxidation sites excluding steroid dienone is 1. The second-order valence-electron chi connectivity index (χ2n) is 5.70. The molecule has 0 fully saturated rings. The largest absolute Gasteiger partial charge is 0.493 e. The first kappa shape index (κ1) is 21.8. The van der Waals surface area contributed by atoms with Crippen LogP contribution in [-0.4, -0.2) is 51.4 Å². The van der Waals surface area contributed by atoms with Crippen molar-refractivity contribution in [2.45, 2.75) is 20.5 Å². The van der Waals surface area contributed by atoms with Gasteiger partial charge in [0.05, 0.1) is 12.0 Å². The van der Waals surface area contributed by atoms with Gasteiger partial charge in [-0.2, -0.15) is 5.10 Å². The lowest BCUT2D eigenvalue weighted by Gasteiger charge is -2.18. The molecule has 1 aromatic carbocycles. The van der Waals surface area contributed by atoms with Crippen LogP contribution in [0, 0.1) is 5.82 Å². The van der Waals surface area contributed by atoms with Crippen LogP contribution in [0.4, 0.5) is 4.39 Å². The number of rotatable bonds is 9. The second-order valence-corrected chi connectivity index (χ2v) is 7.11. The molecule has 1 aromatic heterocycles. The van der Waals surface area contributed by atoms with E-state index in [0.717, 1.165) is 11.8 Å². The molecule has 0 aliphatic carbocycles. The number of ether oxygens (including phenoxy) is 2. The van der Waals surface area contributed by atoms with Gasteiger partial charge >= 0.3 is 0 Å². The zero-order valence-corrected chi connectivity index (χ0v) is 17.6. The number of aromatic nitrogens is 3. The number of benzene rings is 1. The summed E-state index contributed by atoms with van der Waals surface area (Å²) in [6.07, 6.45) is 1.34. The van der Waals surface area contributed by atoms with E-state index >= 15 is 0 Å². The van der Waals surface area contributed by atoms with Crippen LogP contribution in [0.2, 0.25) is 0 Å². The van der Waals surface area contributed by atoms with Crippen molar-refractivity contribution in [2.24, 2.45) is 0 Å². The van der Waals surface area contributed by atoms with Crippen LogP contribution in [0.25, 0.3) is 5.57 Å². The van der Waals surface area contributed by atoms with Crippen LogP contribution in [0.3, 0.4) is 0 Å². The van der Waals surface area contributed by atoms with Crippen LogP contribution >= 0.6 is 24.0 Å². The van der Waals surface area contributed by atoms with Crippen molar-refractivity contribution in [1.29, 1.82) is 0 Å². The Bertz CT molecular complexity index is 872. The molecule has 28 heavy (non-hydrogen) atoms. The molecule has 2 aromatic rings. The summed E-state index contributed by atoms with van der Waals surface area (Å²) in [6.45, 7) is 4.16. The predicted molar refractivity (Wildman–Crippen MR) is 111 cm³/mol. The molecule has 150 valence electrons. The Morgan fingerprint density at radius 3 is 2.79 bits per heavy atom. The summed E-state index contributed by atoms with van der Waals surface area (Å²) in [5, 5.41) is 6.35. The van der Waals surface area contributed by atoms with Crippen molar-refractivity contribution < 1.29 is 18.7 Å². The number of likely N-dealkylation sites (N-methyl/N-ethyl adjacent to an activating group) is 1. The van der Waals surface area contributed by atoms with Gasteiger partial charge in [0.25, 0.3) is 5.91 Å². The molecule has 0 atom stereocenters. The minimum Gasteiger partial charge on any atom is -0.493 e. The summed E-state index contributed by atoms with van der Waals surface area (Å²) in [4.78, 5) is 18.6. The van der Waals surface area contributed by atoms with Crippen molar-refractivity contribution in [2.75, 3.05) is 20.7 Å². The number of carbonyl (C=O) groups excluding carboxylic acids is 1. The summed E-state index contributed by atoms with van der Waals surface area (Å²) in [5.74, 6) is -0.185. The van der Waals surface area contributed by atoms with Crippen LogP contribution in [0.1, 0.15) is 25.2 Å². The Kier molecular flexibility index (Phi) is 7.94. The molecule has 0 bridgehead atoms. The van der Waals surface area contributed by atoms with Crippen LogP contribution in [-0.2, 0) is 11.4 Å². The molecule has 2 rings (SSSR count). The predicted octanol–water partition coefficient (Wildman–Crippen LogP) is 3.43. The summed E-state index contributed by atoms with van der Waals surface area (Å²) in [7, 11) is 3.11. The number of hydrogen-bond donors (Lipinski definition) is 1. The summed E-state index contributed by atoms with van der Waals surface area (Å²) in [6, 6.07) is 2.92. The number of amides is 1. The zero-order valence-electron chi connectivity index (χ0n) is 16.0. The van der Waals surface area contributed by atoms with E-state index in [9.17, 15) is 9.18 Å². The molecule has 0 saturated carbocycles. The summed E-state index contributed by atoms with van der Waals surface area (Å²) < 4.78 is 27.0. The fourth-order valence-electron chi connectivity index (χ4n) is 2.31. The van der Waals surface area contributed by atoms with E-state index in [0.29, 0.717) is 28.4 Å². The average Bonchev–Trinajstić information content (AvgIpc) is 3.22. The van der Waals surface area contributed by atoms with Gasteiger partial charge in [0.15, 0.2) is 23.1 Å². The topological polar surface area (TPSA) is 80.3 Å². The number of H-pyrrole nitrogens is 1. The molecule has 0 radical (unpaired) electrons. The average molecular weight is 425 g/mol. The molecule has 0 saturated heterocycles. The molecule has 7 nitrogen and oxygen atoms in total. The number of carbonyl (C=O) groups is 1. The van der Waals surface area contributed by atoms with Crippen LogP contribution in [0.15, 0.2) is 23.4 Å². The first-order valence-electron chi connectivity index (χ1n) is 8.34. The standard InChI is InChI=1S/C18H21FN4O3S2/c1-5-23(3)18(24)17(28-10-27)11(2)12-6-13(19)16(14(7-12)25-4)26-8-15-20-9-21-22-15/h6-7,9-10H,5,8H2,1-4H3,(H,20,21,22)/b17-11-. The molecule has 1 heterocycles. The molecule has 0 aliphatic rings. The van der Waals surface area contributed by atoms with Gasteiger partial charge in [-0.15, -0.1) is 0 Å². The lowest BCUT2D eigenvalue weighted by Crippen LogP contribution is -2.27. The molecule has 10 heteroatoms. The maximum Gasteiger partial charge on any atom is 0.260 e. The van der Waals surface area contributed by atoms with Gasteiger partial charge in [0, 0.05) is 18.3 Å².